The lowest BCUT2D eigenvalue weighted by Crippen LogP contribution is -2.31. The number of imidazole rings is 1. The largest absolute Gasteiger partial charge is 0.340 e. The highest BCUT2D eigenvalue weighted by atomic mass is 35.5. The molecule has 0 spiro atoms. The van der Waals surface area contributed by atoms with Crippen LogP contribution in [0, 0.1) is 0 Å². The zero-order valence-electron chi connectivity index (χ0n) is 12.8. The number of rotatable bonds is 2. The van der Waals surface area contributed by atoms with Crippen LogP contribution in [0.1, 0.15) is 35.1 Å². The number of halogens is 2. The van der Waals surface area contributed by atoms with E-state index in [2.05, 4.69) is 9.97 Å². The second-order valence-electron chi connectivity index (χ2n) is 5.92. The normalized spacial score (nSPS) is 17.6. The van der Waals surface area contributed by atoms with Crippen molar-refractivity contribution in [2.24, 2.45) is 0 Å². The topological polar surface area (TPSA) is 49.0 Å². The van der Waals surface area contributed by atoms with Gasteiger partial charge >= 0.3 is 0 Å². The summed E-state index contributed by atoms with van der Waals surface area (Å²) in [5, 5.41) is 0.838. The van der Waals surface area contributed by atoms with E-state index in [4.69, 9.17) is 23.2 Å². The molecule has 1 aliphatic heterocycles. The van der Waals surface area contributed by atoms with E-state index in [1.165, 1.54) is 0 Å². The van der Waals surface area contributed by atoms with Crippen LogP contribution in [0.25, 0.3) is 11.0 Å². The fraction of sp³-hybridized carbons (Fsp3) is 0.222. The quantitative estimate of drug-likeness (QED) is 0.710. The molecule has 1 amide bonds. The number of nitrogens with zero attached hydrogens (tertiary/aromatic N) is 2. The molecule has 4 rings (SSSR count). The molecule has 1 unspecified atom stereocenters. The molecule has 2 heterocycles. The standard InChI is InChI=1S/C18H15Cl2N3O/c19-12-8-7-11(10-13(12)20)18(24)23-9-3-6-16(23)17-21-14-4-1-2-5-15(14)22-17/h1-2,4-5,7-8,10,16H,3,6,9H2,(H,21,22). The second kappa shape index (κ2) is 6.11. The van der Waals surface area contributed by atoms with Crippen molar-refractivity contribution >= 4 is 40.1 Å². The van der Waals surface area contributed by atoms with Crippen LogP contribution in [0.3, 0.4) is 0 Å². The Kier molecular flexibility index (Phi) is 3.94. The molecule has 1 fully saturated rings. The van der Waals surface area contributed by atoms with Crippen LogP contribution in [0.5, 0.6) is 0 Å². The molecule has 2 aromatic carbocycles. The van der Waals surface area contributed by atoms with Gasteiger partial charge in [0.2, 0.25) is 0 Å². The monoisotopic (exact) mass is 359 g/mol. The van der Waals surface area contributed by atoms with Gasteiger partial charge < -0.3 is 9.88 Å². The number of H-pyrrole nitrogens is 1. The number of benzene rings is 2. The van der Waals surface area contributed by atoms with Crippen LogP contribution in [0.4, 0.5) is 0 Å². The van der Waals surface area contributed by atoms with Crippen molar-refractivity contribution < 1.29 is 4.79 Å². The lowest BCUT2D eigenvalue weighted by Gasteiger charge is -2.23. The minimum atomic E-state index is -0.0449. The average molecular weight is 360 g/mol. The number of hydrogen-bond acceptors (Lipinski definition) is 2. The molecule has 122 valence electrons. The first-order valence-electron chi connectivity index (χ1n) is 7.84. The molecule has 0 radical (unpaired) electrons. The fourth-order valence-corrected chi connectivity index (χ4v) is 3.52. The van der Waals surface area contributed by atoms with Crippen molar-refractivity contribution in [3.63, 3.8) is 0 Å². The van der Waals surface area contributed by atoms with Gasteiger partial charge in [-0.25, -0.2) is 4.98 Å². The summed E-state index contributed by atoms with van der Waals surface area (Å²) in [5.41, 5.74) is 2.45. The second-order valence-corrected chi connectivity index (χ2v) is 6.74. The molecule has 4 nitrogen and oxygen atoms in total. The molecule has 0 saturated carbocycles. The summed E-state index contributed by atoms with van der Waals surface area (Å²) in [6.45, 7) is 0.709. The molecule has 0 aliphatic carbocycles. The Morgan fingerprint density at radius 2 is 2.00 bits per heavy atom. The molecule has 1 N–H and O–H groups in total. The predicted molar refractivity (Wildman–Crippen MR) is 95.6 cm³/mol. The lowest BCUT2D eigenvalue weighted by molar-refractivity contribution is 0.0730. The maximum Gasteiger partial charge on any atom is 0.254 e. The van der Waals surface area contributed by atoms with E-state index >= 15 is 0 Å². The van der Waals surface area contributed by atoms with Gasteiger partial charge in [-0.05, 0) is 43.2 Å². The fourth-order valence-electron chi connectivity index (χ4n) is 3.22. The third-order valence-electron chi connectivity index (χ3n) is 4.40. The van der Waals surface area contributed by atoms with Crippen LogP contribution in [-0.2, 0) is 0 Å². The van der Waals surface area contributed by atoms with E-state index in [1.807, 2.05) is 29.2 Å². The number of carbonyl (C=O) groups excluding carboxylic acids is 1. The Bertz CT molecular complexity index is 889. The van der Waals surface area contributed by atoms with Gasteiger partial charge in [0.05, 0.1) is 27.1 Å². The lowest BCUT2D eigenvalue weighted by atomic mass is 10.1. The number of likely N-dealkylation sites (tertiary alicyclic amines) is 1. The summed E-state index contributed by atoms with van der Waals surface area (Å²) in [4.78, 5) is 22.7. The van der Waals surface area contributed by atoms with Gasteiger partial charge in [-0.3, -0.25) is 4.79 Å². The van der Waals surface area contributed by atoms with Gasteiger partial charge in [-0.1, -0.05) is 35.3 Å². The van der Waals surface area contributed by atoms with E-state index in [9.17, 15) is 4.79 Å². The molecule has 1 aromatic heterocycles. The van der Waals surface area contributed by atoms with E-state index in [0.29, 0.717) is 22.2 Å². The highest BCUT2D eigenvalue weighted by Gasteiger charge is 2.32. The summed E-state index contributed by atoms with van der Waals surface area (Å²) >= 11 is 12.0. The predicted octanol–water partition coefficient (Wildman–Crippen LogP) is 4.85. The van der Waals surface area contributed by atoms with Crippen molar-refractivity contribution in [1.29, 1.82) is 0 Å². The Hall–Kier alpha value is -2.04. The van der Waals surface area contributed by atoms with Crippen molar-refractivity contribution in [3.8, 4) is 0 Å². The Labute approximate surface area is 149 Å². The number of fused-ring (bicyclic) bond motifs is 1. The molecule has 3 aromatic rings. The number of hydrogen-bond donors (Lipinski definition) is 1. The summed E-state index contributed by atoms with van der Waals surface area (Å²) in [5.74, 6) is 0.790. The number of amides is 1. The third-order valence-corrected chi connectivity index (χ3v) is 5.14. The highest BCUT2D eigenvalue weighted by Crippen LogP contribution is 2.33. The van der Waals surface area contributed by atoms with Crippen LogP contribution in [-0.4, -0.2) is 27.3 Å². The molecular formula is C18H15Cl2N3O. The highest BCUT2D eigenvalue weighted by molar-refractivity contribution is 6.42. The minimum Gasteiger partial charge on any atom is -0.340 e. The first-order valence-corrected chi connectivity index (χ1v) is 8.60. The molecule has 6 heteroatoms. The zero-order chi connectivity index (χ0) is 16.7. The van der Waals surface area contributed by atoms with Crippen LogP contribution >= 0.6 is 23.2 Å². The Morgan fingerprint density at radius 1 is 1.17 bits per heavy atom. The van der Waals surface area contributed by atoms with E-state index < -0.39 is 0 Å². The van der Waals surface area contributed by atoms with Gasteiger partial charge in [-0.2, -0.15) is 0 Å². The Morgan fingerprint density at radius 3 is 2.79 bits per heavy atom. The van der Waals surface area contributed by atoms with E-state index in [-0.39, 0.29) is 11.9 Å². The zero-order valence-corrected chi connectivity index (χ0v) is 14.3. The molecule has 1 saturated heterocycles. The summed E-state index contributed by atoms with van der Waals surface area (Å²) < 4.78 is 0. The minimum absolute atomic E-state index is 0.0423. The van der Waals surface area contributed by atoms with Gasteiger partial charge in [-0.15, -0.1) is 0 Å². The van der Waals surface area contributed by atoms with Gasteiger partial charge in [0.25, 0.3) is 5.91 Å². The van der Waals surface area contributed by atoms with Crippen molar-refractivity contribution in [3.05, 3.63) is 63.9 Å². The average Bonchev–Trinajstić information content (AvgIpc) is 3.22. The van der Waals surface area contributed by atoms with Crippen molar-refractivity contribution in [2.75, 3.05) is 6.54 Å². The van der Waals surface area contributed by atoms with Crippen molar-refractivity contribution in [1.82, 2.24) is 14.9 Å². The number of nitrogens with one attached hydrogen (secondary N) is 1. The van der Waals surface area contributed by atoms with Gasteiger partial charge in [0.1, 0.15) is 5.82 Å². The van der Waals surface area contributed by atoms with Crippen LogP contribution in [0.2, 0.25) is 10.0 Å². The van der Waals surface area contributed by atoms with Gasteiger partial charge in [0, 0.05) is 12.1 Å². The summed E-state index contributed by atoms with van der Waals surface area (Å²) in [6, 6.07) is 12.8. The molecule has 0 bridgehead atoms. The molecule has 1 aliphatic rings. The SMILES string of the molecule is O=C(c1ccc(Cl)c(Cl)c1)N1CCCC1c1nc2ccccc2[nH]1. The van der Waals surface area contributed by atoms with Crippen LogP contribution < -0.4 is 0 Å². The first kappa shape index (κ1) is 15.5. The van der Waals surface area contributed by atoms with E-state index in [1.54, 1.807) is 18.2 Å². The smallest absolute Gasteiger partial charge is 0.254 e. The summed E-state index contributed by atoms with van der Waals surface area (Å²) in [7, 11) is 0. The number of carbonyl (C=O) groups is 1. The Balaban J connectivity index is 1.66. The first-order chi connectivity index (χ1) is 11.6. The third kappa shape index (κ3) is 2.66. The van der Waals surface area contributed by atoms with E-state index in [0.717, 1.165) is 29.7 Å². The van der Waals surface area contributed by atoms with Gasteiger partial charge in [0.15, 0.2) is 0 Å². The molecular weight excluding hydrogens is 345 g/mol. The molecule has 24 heavy (non-hydrogen) atoms. The number of para-hydroxylation sites is 2. The number of aromatic amines is 1. The maximum atomic E-state index is 12.9. The van der Waals surface area contributed by atoms with Crippen molar-refractivity contribution in [2.45, 2.75) is 18.9 Å². The van der Waals surface area contributed by atoms with Crippen LogP contribution in [0.15, 0.2) is 42.5 Å². The number of aromatic nitrogens is 2. The molecule has 1 atom stereocenters. The summed E-state index contributed by atoms with van der Waals surface area (Å²) in [6.07, 6.45) is 1.85. The maximum absolute atomic E-state index is 12.9.